The fraction of sp³-hybridized carbons (Fsp3) is 0.324. The van der Waals surface area contributed by atoms with Gasteiger partial charge in [-0.3, -0.25) is 9.11 Å². The Morgan fingerprint density at radius 2 is 1.08 bits per heavy atom. The van der Waals surface area contributed by atoms with Gasteiger partial charge in [0.05, 0.1) is 54.3 Å². The van der Waals surface area contributed by atoms with Crippen LogP contribution >= 0.6 is 57.5 Å². The van der Waals surface area contributed by atoms with Gasteiger partial charge in [0.2, 0.25) is 11.9 Å². The molecule has 0 aliphatic carbocycles. The van der Waals surface area contributed by atoms with E-state index < -0.39 is 20.2 Å². The molecule has 2 aromatic carbocycles. The highest BCUT2D eigenvalue weighted by molar-refractivity contribution is 7.99. The van der Waals surface area contributed by atoms with Crippen LogP contribution in [-0.4, -0.2) is 108 Å². The summed E-state index contributed by atoms with van der Waals surface area (Å²) < 4.78 is 86.4. The lowest BCUT2D eigenvalue weighted by Crippen LogP contribution is -2.22. The molecule has 0 unspecified atom stereocenters. The van der Waals surface area contributed by atoms with E-state index in [9.17, 15) is 31.0 Å². The predicted molar refractivity (Wildman–Crippen MR) is 260 cm³/mol. The first-order chi connectivity index (χ1) is 31.6. The number of nitrogens with one attached hydrogen (secondary N) is 2. The van der Waals surface area contributed by atoms with Crippen LogP contribution < -0.4 is 29.9 Å². The number of thiophene rings is 2. The molecule has 0 amide bonds. The van der Waals surface area contributed by atoms with Gasteiger partial charge in [-0.2, -0.15) is 40.5 Å². The Kier molecular flexibility index (Phi) is 15.3. The van der Waals surface area contributed by atoms with Gasteiger partial charge in [0.15, 0.2) is 15.2 Å². The molecule has 0 bridgehead atoms. The molecule has 0 saturated carbocycles. The maximum absolute atomic E-state index is 11.9. The summed E-state index contributed by atoms with van der Waals surface area (Å²) in [5, 5.41) is 36.0. The number of hydrogen-bond acceptors (Lipinski definition) is 25. The van der Waals surface area contributed by atoms with Gasteiger partial charge >= 0.3 is 20.2 Å². The normalized spacial score (nSPS) is 12.3. The van der Waals surface area contributed by atoms with E-state index in [0.717, 1.165) is 57.1 Å². The first kappa shape index (κ1) is 48.7. The molecule has 7 rings (SSSR count). The molecule has 0 fully saturated rings. The highest BCUT2D eigenvalue weighted by Crippen LogP contribution is 2.45. The highest BCUT2D eigenvalue weighted by atomic mass is 32.3. The number of methoxy groups -OCH3 is 2. The number of ether oxygens (including phenoxy) is 2. The second-order valence-electron chi connectivity index (χ2n) is 13.4. The maximum atomic E-state index is 11.9. The predicted octanol–water partition coefficient (Wildman–Crippen LogP) is 9.82. The van der Waals surface area contributed by atoms with Crippen molar-refractivity contribution in [1.82, 2.24) is 23.7 Å². The number of hydrogen-bond donors (Lipinski definition) is 5. The Labute approximate surface area is 398 Å². The number of aliphatic hydroxyl groups excluding tert-OH is 1. The van der Waals surface area contributed by atoms with Crippen molar-refractivity contribution < 1.29 is 40.5 Å². The third-order valence-corrected chi connectivity index (χ3v) is 16.7. The molecule has 22 nitrogen and oxygen atoms in total. The molecule has 5 heterocycles. The summed E-state index contributed by atoms with van der Waals surface area (Å²) in [6, 6.07) is 9.62. The topological polar surface area (TPSA) is 292 Å². The number of rotatable bonds is 21. The number of aliphatic hydroxyl groups is 1. The second-order valence-corrected chi connectivity index (χ2v) is 21.3. The second kappa shape index (κ2) is 20.7. The standard InChI is InChI=1S/C37H41N13O9S7/c1-7-49(8-2)25-15-21(23(17-27(25)58-5)43-45-31-19-13-29(65(52,53)54)61-33(19)47-63-31)38-35-40-36(42-37(41-35)60-12-11-51)39-22-16-26(50(9-3)10-4)28(59-6)18-24(22)44-46-32-20-14-30(66(55,56)57)62-34(20)48-64-32/h13-18,51H,7-12H2,1-6H3,(H,52,53,54)(H,55,56,57)(H2,38,39,40,41,42)/b45-43+,46-44+. The van der Waals surface area contributed by atoms with Crippen LogP contribution in [0.15, 0.2) is 70.4 Å². The van der Waals surface area contributed by atoms with Gasteiger partial charge < -0.3 is 35.0 Å². The summed E-state index contributed by atoms with van der Waals surface area (Å²) in [5.74, 6) is 1.42. The van der Waals surface area contributed by atoms with Gasteiger partial charge in [0, 0.05) is 44.1 Å². The Morgan fingerprint density at radius 3 is 1.44 bits per heavy atom. The van der Waals surface area contributed by atoms with Crippen molar-refractivity contribution in [3.8, 4) is 11.5 Å². The average molecular weight is 1040 g/mol. The van der Waals surface area contributed by atoms with Crippen molar-refractivity contribution in [3.05, 3.63) is 36.4 Å². The summed E-state index contributed by atoms with van der Waals surface area (Å²) >= 11 is 4.84. The van der Waals surface area contributed by atoms with Crippen LogP contribution in [0.5, 0.6) is 11.5 Å². The van der Waals surface area contributed by atoms with E-state index in [1.54, 1.807) is 12.1 Å². The zero-order chi connectivity index (χ0) is 47.3. The number of aromatic nitrogens is 5. The summed E-state index contributed by atoms with van der Waals surface area (Å²) in [5.41, 5.74) is 2.86. The summed E-state index contributed by atoms with van der Waals surface area (Å²) in [7, 11) is -5.84. The minimum Gasteiger partial charge on any atom is -0.494 e. The molecule has 0 atom stereocenters. The smallest absolute Gasteiger partial charge is 0.304 e. The number of benzene rings is 2. The number of thioether (sulfide) groups is 1. The third-order valence-electron chi connectivity index (χ3n) is 9.51. The molecule has 0 aliphatic heterocycles. The lowest BCUT2D eigenvalue weighted by molar-refractivity contribution is 0.322. The van der Waals surface area contributed by atoms with Gasteiger partial charge in [-0.15, -0.1) is 43.1 Å². The minimum atomic E-state index is -4.46. The van der Waals surface area contributed by atoms with Crippen LogP contribution in [0.25, 0.3) is 20.4 Å². The molecule has 7 aromatic rings. The van der Waals surface area contributed by atoms with E-state index in [2.05, 4.69) is 59.6 Å². The Morgan fingerprint density at radius 1 is 0.652 bits per heavy atom. The molecular formula is C37H41N13O9S7. The van der Waals surface area contributed by atoms with Crippen molar-refractivity contribution in [1.29, 1.82) is 0 Å². The van der Waals surface area contributed by atoms with Crippen LogP contribution in [-0.2, 0) is 20.2 Å². The maximum Gasteiger partial charge on any atom is 0.304 e. The van der Waals surface area contributed by atoms with E-state index in [1.807, 2.05) is 39.8 Å². The number of nitrogens with zero attached hydrogens (tertiary/aromatic N) is 11. The van der Waals surface area contributed by atoms with E-state index in [1.165, 1.54) is 38.1 Å². The molecule has 0 radical (unpaired) electrons. The molecule has 0 aliphatic rings. The molecular weight excluding hydrogens is 995 g/mol. The quantitative estimate of drug-likeness (QED) is 0.0254. The van der Waals surface area contributed by atoms with E-state index in [4.69, 9.17) is 14.5 Å². The monoisotopic (exact) mass is 1040 g/mol. The summed E-state index contributed by atoms with van der Waals surface area (Å²) in [6.07, 6.45) is 0. The average Bonchev–Trinajstić information content (AvgIpc) is 4.09. The fourth-order valence-electron chi connectivity index (χ4n) is 6.37. The van der Waals surface area contributed by atoms with E-state index >= 15 is 0 Å². The molecule has 5 N–H and O–H groups in total. The minimum absolute atomic E-state index is 0.0793. The van der Waals surface area contributed by atoms with Gasteiger partial charge in [-0.25, -0.2) is 0 Å². The van der Waals surface area contributed by atoms with Gasteiger partial charge in [-0.1, -0.05) is 11.8 Å². The molecule has 66 heavy (non-hydrogen) atoms. The molecule has 0 spiro atoms. The molecule has 5 aromatic heterocycles. The third kappa shape index (κ3) is 10.8. The van der Waals surface area contributed by atoms with Crippen LogP contribution in [0.2, 0.25) is 0 Å². The highest BCUT2D eigenvalue weighted by Gasteiger charge is 2.23. The van der Waals surface area contributed by atoms with Gasteiger partial charge in [0.1, 0.15) is 41.0 Å². The molecule has 29 heteroatoms. The zero-order valence-corrected chi connectivity index (χ0v) is 41.5. The summed E-state index contributed by atoms with van der Waals surface area (Å²) in [4.78, 5) is 19.0. The van der Waals surface area contributed by atoms with Crippen LogP contribution in [0.4, 0.5) is 56.0 Å². The SMILES string of the molecule is CCN(CC)c1cc(Nc2nc(Nc3cc(N(CC)CC)c(OC)cc3/N=N/c3snc4sc(S(=O)(=O)O)cc34)nc(SCCO)n2)c(/N=N/c2snc3sc(S(=O)(=O)O)cc23)cc1OC. The Balaban J connectivity index is 1.32. The number of fused-ring (bicyclic) bond motifs is 2. The zero-order valence-electron chi connectivity index (χ0n) is 35.8. The van der Waals surface area contributed by atoms with Crippen LogP contribution in [0, 0.1) is 0 Å². The van der Waals surface area contributed by atoms with Gasteiger partial charge in [0.25, 0.3) is 0 Å². The number of azo groups is 2. The van der Waals surface area contributed by atoms with Crippen molar-refractivity contribution in [2.24, 2.45) is 20.5 Å². The van der Waals surface area contributed by atoms with Crippen molar-refractivity contribution in [2.75, 3.05) is 73.2 Å². The Hall–Kier alpha value is -5.24. The first-order valence-corrected chi connectivity index (χ1v) is 26.7. The fourth-order valence-corrected chi connectivity index (χ4v) is 11.9. The lowest BCUT2D eigenvalue weighted by atomic mass is 10.2. The van der Waals surface area contributed by atoms with Crippen LogP contribution in [0.1, 0.15) is 27.7 Å². The summed E-state index contributed by atoms with van der Waals surface area (Å²) in [6.45, 7) is 10.5. The molecule has 350 valence electrons. The van der Waals surface area contributed by atoms with Crippen molar-refractivity contribution in [3.63, 3.8) is 0 Å². The van der Waals surface area contributed by atoms with Crippen molar-refractivity contribution in [2.45, 2.75) is 41.3 Å². The largest absolute Gasteiger partial charge is 0.494 e. The van der Waals surface area contributed by atoms with E-state index in [-0.39, 0.29) is 37.8 Å². The van der Waals surface area contributed by atoms with E-state index in [0.29, 0.717) is 90.9 Å². The molecule has 0 saturated heterocycles. The first-order valence-electron chi connectivity index (χ1n) is 19.7. The lowest BCUT2D eigenvalue weighted by Gasteiger charge is -2.25. The van der Waals surface area contributed by atoms with Crippen molar-refractivity contribution >= 4 is 154 Å². The number of anilines is 6. The Bertz CT molecular complexity index is 2960. The van der Waals surface area contributed by atoms with Gasteiger partial charge in [-0.05, 0) is 75.0 Å². The van der Waals surface area contributed by atoms with Crippen LogP contribution in [0.3, 0.4) is 0 Å².